The highest BCUT2D eigenvalue weighted by molar-refractivity contribution is 4.93. The first-order chi connectivity index (χ1) is 10.8. The molecule has 0 unspecified atom stereocenters. The number of aliphatic hydroxyl groups excluding tert-OH is 8. The van der Waals surface area contributed by atoms with Crippen LogP contribution >= 0.6 is 0 Å². The molecule has 11 heteroatoms. The highest BCUT2D eigenvalue weighted by Gasteiger charge is 2.50. The molecule has 0 radical (unpaired) electrons. The van der Waals surface area contributed by atoms with E-state index in [1.165, 1.54) is 0 Å². The summed E-state index contributed by atoms with van der Waals surface area (Å²) >= 11 is 0. The molecule has 0 spiro atoms. The van der Waals surface area contributed by atoms with Gasteiger partial charge in [-0.2, -0.15) is 0 Å². The van der Waals surface area contributed by atoms with Crippen molar-refractivity contribution in [2.75, 3.05) is 13.2 Å². The van der Waals surface area contributed by atoms with Crippen molar-refractivity contribution >= 4 is 0 Å². The summed E-state index contributed by atoms with van der Waals surface area (Å²) in [6.45, 7) is -1.35. The van der Waals surface area contributed by atoms with E-state index in [0.717, 1.165) is 0 Å². The fourth-order valence-electron chi connectivity index (χ4n) is 2.57. The van der Waals surface area contributed by atoms with Gasteiger partial charge >= 0.3 is 0 Å². The van der Waals surface area contributed by atoms with E-state index in [9.17, 15) is 35.7 Å². The van der Waals surface area contributed by atoms with Crippen LogP contribution in [0.1, 0.15) is 0 Å². The quantitative estimate of drug-likeness (QED) is 0.243. The summed E-state index contributed by atoms with van der Waals surface area (Å²) in [6, 6.07) is 0. The minimum Gasteiger partial charge on any atom is -0.394 e. The third kappa shape index (κ3) is 3.65. The molecule has 2 aliphatic rings. The van der Waals surface area contributed by atoms with Crippen molar-refractivity contribution in [1.82, 2.24) is 0 Å². The van der Waals surface area contributed by atoms with E-state index in [1.807, 2.05) is 0 Å². The van der Waals surface area contributed by atoms with Crippen molar-refractivity contribution < 1.29 is 55.1 Å². The molecule has 0 aromatic heterocycles. The van der Waals surface area contributed by atoms with Gasteiger partial charge in [0, 0.05) is 0 Å². The van der Waals surface area contributed by atoms with Crippen LogP contribution < -0.4 is 0 Å². The molecule has 0 saturated carbocycles. The van der Waals surface area contributed by atoms with Gasteiger partial charge < -0.3 is 55.1 Å². The Morgan fingerprint density at radius 2 is 1.26 bits per heavy atom. The summed E-state index contributed by atoms with van der Waals surface area (Å²) in [4.78, 5) is 0. The number of hydrogen-bond acceptors (Lipinski definition) is 11. The number of hydrogen-bond donors (Lipinski definition) is 8. The molecular formula is C12H22O11. The largest absolute Gasteiger partial charge is 0.394 e. The maximum absolute atomic E-state index is 9.94. The van der Waals surface area contributed by atoms with Crippen LogP contribution in [-0.4, -0.2) is 115 Å². The van der Waals surface area contributed by atoms with Gasteiger partial charge in [-0.05, 0) is 0 Å². The second-order valence-electron chi connectivity index (χ2n) is 5.53. The van der Waals surface area contributed by atoms with Gasteiger partial charge in [-0.15, -0.1) is 0 Å². The minimum atomic E-state index is -1.74. The Hall–Kier alpha value is -0.440. The molecule has 0 aromatic carbocycles. The standard InChI is InChI=1S/C12H22O11/c13-1-3-5(15)6(16)9(19)12(22-3)23-10-4(2-14)21-11(20)8(18)7(10)17/h3-20H,1-2H2/t3-,4+,5-,6+,7+,8-,9-,10-,11-,12-/m1/s1. The van der Waals surface area contributed by atoms with Gasteiger partial charge in [-0.1, -0.05) is 0 Å². The molecule has 2 heterocycles. The van der Waals surface area contributed by atoms with E-state index in [0.29, 0.717) is 0 Å². The molecular weight excluding hydrogens is 320 g/mol. The highest BCUT2D eigenvalue weighted by atomic mass is 16.7. The maximum atomic E-state index is 9.94. The molecule has 23 heavy (non-hydrogen) atoms. The fourth-order valence-corrected chi connectivity index (χ4v) is 2.57. The van der Waals surface area contributed by atoms with Gasteiger partial charge in [0.1, 0.15) is 48.8 Å². The molecule has 8 N–H and O–H groups in total. The van der Waals surface area contributed by atoms with Crippen LogP contribution in [-0.2, 0) is 14.2 Å². The molecule has 10 atom stereocenters. The maximum Gasteiger partial charge on any atom is 0.187 e. The van der Waals surface area contributed by atoms with Gasteiger partial charge in [0.05, 0.1) is 13.2 Å². The third-order valence-corrected chi connectivity index (χ3v) is 3.98. The van der Waals surface area contributed by atoms with E-state index >= 15 is 0 Å². The van der Waals surface area contributed by atoms with Crippen molar-refractivity contribution in [3.8, 4) is 0 Å². The number of aliphatic hydroxyl groups is 8. The van der Waals surface area contributed by atoms with Crippen LogP contribution in [0.4, 0.5) is 0 Å². The summed E-state index contributed by atoms with van der Waals surface area (Å²) in [7, 11) is 0. The molecule has 2 saturated heterocycles. The Morgan fingerprint density at radius 1 is 0.652 bits per heavy atom. The summed E-state index contributed by atoms with van der Waals surface area (Å²) < 4.78 is 15.3. The van der Waals surface area contributed by atoms with Crippen LogP contribution in [0, 0.1) is 0 Å². The van der Waals surface area contributed by atoms with Crippen LogP contribution in [0.3, 0.4) is 0 Å². The van der Waals surface area contributed by atoms with Crippen LogP contribution in [0.15, 0.2) is 0 Å². The highest BCUT2D eigenvalue weighted by Crippen LogP contribution is 2.28. The smallest absolute Gasteiger partial charge is 0.187 e. The Balaban J connectivity index is 2.11. The fraction of sp³-hybridized carbons (Fsp3) is 1.00. The van der Waals surface area contributed by atoms with E-state index in [-0.39, 0.29) is 0 Å². The first kappa shape index (κ1) is 18.9. The summed E-state index contributed by atoms with van der Waals surface area (Å²) in [6.07, 6.45) is -15.6. The second kappa shape index (κ2) is 7.63. The molecule has 0 aromatic rings. The van der Waals surface area contributed by atoms with E-state index in [2.05, 4.69) is 0 Å². The van der Waals surface area contributed by atoms with Crippen molar-refractivity contribution in [1.29, 1.82) is 0 Å². The predicted molar refractivity (Wildman–Crippen MR) is 68.6 cm³/mol. The summed E-state index contributed by atoms with van der Waals surface area (Å²) in [5.41, 5.74) is 0. The zero-order valence-corrected chi connectivity index (χ0v) is 12.0. The average molecular weight is 342 g/mol. The van der Waals surface area contributed by atoms with Crippen molar-refractivity contribution in [3.05, 3.63) is 0 Å². The zero-order chi connectivity index (χ0) is 17.3. The van der Waals surface area contributed by atoms with Gasteiger partial charge in [0.25, 0.3) is 0 Å². The molecule has 0 amide bonds. The lowest BCUT2D eigenvalue weighted by molar-refractivity contribution is -0.355. The first-order valence-corrected chi connectivity index (χ1v) is 7.08. The Morgan fingerprint density at radius 3 is 1.83 bits per heavy atom. The van der Waals surface area contributed by atoms with Crippen molar-refractivity contribution in [2.24, 2.45) is 0 Å². The lowest BCUT2D eigenvalue weighted by atomic mass is 9.97. The Labute approximate surface area is 130 Å². The summed E-state index contributed by atoms with van der Waals surface area (Å²) in [5.74, 6) is 0. The van der Waals surface area contributed by atoms with E-state index < -0.39 is 74.6 Å². The minimum absolute atomic E-state index is 0.667. The van der Waals surface area contributed by atoms with Gasteiger partial charge in [0.15, 0.2) is 12.6 Å². The number of rotatable bonds is 4. The Bertz CT molecular complexity index is 378. The van der Waals surface area contributed by atoms with E-state index in [4.69, 9.17) is 19.3 Å². The second-order valence-corrected chi connectivity index (χ2v) is 5.53. The Kier molecular flexibility index (Phi) is 6.27. The third-order valence-electron chi connectivity index (χ3n) is 3.98. The van der Waals surface area contributed by atoms with Crippen molar-refractivity contribution in [2.45, 2.75) is 61.4 Å². The molecule has 0 aliphatic carbocycles. The van der Waals surface area contributed by atoms with Gasteiger partial charge in [0.2, 0.25) is 0 Å². The monoisotopic (exact) mass is 342 g/mol. The van der Waals surface area contributed by atoms with Crippen LogP contribution in [0.2, 0.25) is 0 Å². The lowest BCUT2D eigenvalue weighted by Crippen LogP contribution is -2.64. The normalized spacial score (nSPS) is 51.7. The zero-order valence-electron chi connectivity index (χ0n) is 12.0. The van der Waals surface area contributed by atoms with Crippen LogP contribution in [0.25, 0.3) is 0 Å². The lowest BCUT2D eigenvalue weighted by Gasteiger charge is -2.45. The van der Waals surface area contributed by atoms with Crippen molar-refractivity contribution in [3.63, 3.8) is 0 Å². The molecule has 2 rings (SSSR count). The summed E-state index contributed by atoms with van der Waals surface area (Å²) in [5, 5.41) is 76.5. The number of ether oxygens (including phenoxy) is 3. The predicted octanol–water partition coefficient (Wildman–Crippen LogP) is -5.40. The topological polar surface area (TPSA) is 190 Å². The molecule has 2 fully saturated rings. The SMILES string of the molecule is OC[C@@H]1O[C@@H](O)[C@H](O)[C@H](O)[C@@H]1O[C@H]1O[C@H](CO)[C@@H](O)[C@H](O)[C@H]1O. The average Bonchev–Trinajstić information content (AvgIpc) is 2.55. The first-order valence-electron chi connectivity index (χ1n) is 7.08. The van der Waals surface area contributed by atoms with E-state index in [1.54, 1.807) is 0 Å². The molecule has 136 valence electrons. The molecule has 11 nitrogen and oxygen atoms in total. The van der Waals surface area contributed by atoms with Crippen LogP contribution in [0.5, 0.6) is 0 Å². The van der Waals surface area contributed by atoms with Gasteiger partial charge in [-0.3, -0.25) is 0 Å². The van der Waals surface area contributed by atoms with Gasteiger partial charge in [-0.25, -0.2) is 0 Å². The molecule has 0 bridgehead atoms. The molecule has 2 aliphatic heterocycles.